The quantitative estimate of drug-likeness (QED) is 0.895. The summed E-state index contributed by atoms with van der Waals surface area (Å²) in [7, 11) is 0. The van der Waals surface area contributed by atoms with Crippen LogP contribution in [0.15, 0.2) is 30.3 Å². The number of hydrogen-bond donors (Lipinski definition) is 1. The lowest BCUT2D eigenvalue weighted by atomic mass is 9.81. The Balaban J connectivity index is 2.14. The molecule has 2 heteroatoms. The molecule has 1 aromatic carbocycles. The monoisotopic (exact) mass is 261 g/mol. The first-order valence-electron chi connectivity index (χ1n) is 7.47. The average Bonchev–Trinajstić information content (AvgIpc) is 2.41. The van der Waals surface area contributed by atoms with Gasteiger partial charge in [-0.05, 0) is 51.5 Å². The molecule has 2 unspecified atom stereocenters. The first-order chi connectivity index (χ1) is 9.04. The van der Waals surface area contributed by atoms with Gasteiger partial charge < -0.3 is 5.11 Å². The molecule has 1 fully saturated rings. The van der Waals surface area contributed by atoms with Crippen molar-refractivity contribution in [1.82, 2.24) is 4.90 Å². The zero-order chi connectivity index (χ0) is 13.9. The minimum absolute atomic E-state index is 0.251. The number of likely N-dealkylation sites (tertiary alicyclic amines) is 1. The SMILES string of the molecule is CC(c1ccccc1)N1CC(CCO)CCC1(C)C. The number of rotatable bonds is 4. The Bertz CT molecular complexity index is 388. The van der Waals surface area contributed by atoms with Gasteiger partial charge in [0, 0.05) is 24.7 Å². The van der Waals surface area contributed by atoms with Gasteiger partial charge in [-0.2, -0.15) is 0 Å². The lowest BCUT2D eigenvalue weighted by Crippen LogP contribution is -2.51. The van der Waals surface area contributed by atoms with Gasteiger partial charge in [0.25, 0.3) is 0 Å². The number of hydrogen-bond acceptors (Lipinski definition) is 2. The van der Waals surface area contributed by atoms with E-state index in [1.54, 1.807) is 0 Å². The minimum atomic E-state index is 0.251. The summed E-state index contributed by atoms with van der Waals surface area (Å²) in [6, 6.07) is 11.2. The van der Waals surface area contributed by atoms with Crippen LogP contribution in [-0.4, -0.2) is 28.7 Å². The molecule has 0 aromatic heterocycles. The van der Waals surface area contributed by atoms with Gasteiger partial charge in [0.05, 0.1) is 0 Å². The summed E-state index contributed by atoms with van der Waals surface area (Å²) in [4.78, 5) is 2.62. The van der Waals surface area contributed by atoms with Crippen LogP contribution < -0.4 is 0 Å². The molecule has 2 atom stereocenters. The van der Waals surface area contributed by atoms with Crippen molar-refractivity contribution in [2.45, 2.75) is 51.6 Å². The molecule has 1 aliphatic heterocycles. The van der Waals surface area contributed by atoms with E-state index in [0.29, 0.717) is 18.6 Å². The van der Waals surface area contributed by atoms with Crippen molar-refractivity contribution in [3.63, 3.8) is 0 Å². The third-order valence-electron chi connectivity index (χ3n) is 4.68. The Hall–Kier alpha value is -0.860. The molecule has 1 heterocycles. The van der Waals surface area contributed by atoms with Crippen LogP contribution in [0.1, 0.15) is 51.6 Å². The molecule has 19 heavy (non-hydrogen) atoms. The summed E-state index contributed by atoms with van der Waals surface area (Å²) in [6.45, 7) is 8.42. The predicted octanol–water partition coefficient (Wildman–Crippen LogP) is 3.62. The van der Waals surface area contributed by atoms with Crippen LogP contribution in [0.2, 0.25) is 0 Å². The number of aliphatic hydroxyl groups excluding tert-OH is 1. The Kier molecular flexibility index (Phi) is 4.64. The van der Waals surface area contributed by atoms with E-state index >= 15 is 0 Å². The lowest BCUT2D eigenvalue weighted by molar-refractivity contribution is 0.00600. The van der Waals surface area contributed by atoms with Crippen LogP contribution in [0.25, 0.3) is 0 Å². The number of aliphatic hydroxyl groups is 1. The second kappa shape index (κ2) is 6.06. The highest BCUT2D eigenvalue weighted by Gasteiger charge is 2.36. The predicted molar refractivity (Wildman–Crippen MR) is 80.1 cm³/mol. The Morgan fingerprint density at radius 1 is 1.32 bits per heavy atom. The second-order valence-electron chi connectivity index (χ2n) is 6.47. The summed E-state index contributed by atoms with van der Waals surface area (Å²) in [5, 5.41) is 9.17. The van der Waals surface area contributed by atoms with Gasteiger partial charge >= 0.3 is 0 Å². The third-order valence-corrected chi connectivity index (χ3v) is 4.68. The average molecular weight is 261 g/mol. The van der Waals surface area contributed by atoms with Crippen LogP contribution >= 0.6 is 0 Å². The highest BCUT2D eigenvalue weighted by molar-refractivity contribution is 5.19. The normalized spacial score (nSPS) is 25.2. The zero-order valence-electron chi connectivity index (χ0n) is 12.5. The van der Waals surface area contributed by atoms with Gasteiger partial charge in [-0.1, -0.05) is 30.3 Å². The number of piperidine rings is 1. The van der Waals surface area contributed by atoms with E-state index in [1.807, 2.05) is 0 Å². The molecular formula is C17H27NO. The van der Waals surface area contributed by atoms with Crippen LogP contribution in [0.4, 0.5) is 0 Å². The summed E-state index contributed by atoms with van der Waals surface area (Å²) >= 11 is 0. The maximum atomic E-state index is 9.17. The molecule has 2 rings (SSSR count). The maximum Gasteiger partial charge on any atom is 0.0434 e. The van der Waals surface area contributed by atoms with Crippen LogP contribution in [0, 0.1) is 5.92 Å². The largest absolute Gasteiger partial charge is 0.396 e. The Labute approximate surface area is 117 Å². The molecule has 1 N–H and O–H groups in total. The maximum absolute atomic E-state index is 9.17. The molecule has 106 valence electrons. The minimum Gasteiger partial charge on any atom is -0.396 e. The van der Waals surface area contributed by atoms with Crippen LogP contribution in [0.5, 0.6) is 0 Å². The number of nitrogens with zero attached hydrogens (tertiary/aromatic N) is 1. The van der Waals surface area contributed by atoms with E-state index < -0.39 is 0 Å². The fourth-order valence-corrected chi connectivity index (χ4v) is 3.33. The molecule has 0 radical (unpaired) electrons. The standard InChI is InChI=1S/C17H27NO/c1-14(16-7-5-4-6-8-16)18-13-15(10-12-19)9-11-17(18,2)3/h4-8,14-15,19H,9-13H2,1-3H3. The first-order valence-corrected chi connectivity index (χ1v) is 7.47. The summed E-state index contributed by atoms with van der Waals surface area (Å²) in [5.74, 6) is 0.643. The van der Waals surface area contributed by atoms with Gasteiger partial charge in [0.15, 0.2) is 0 Å². The fraction of sp³-hybridized carbons (Fsp3) is 0.647. The summed E-state index contributed by atoms with van der Waals surface area (Å²) < 4.78 is 0. The van der Waals surface area contributed by atoms with Crippen molar-refractivity contribution in [1.29, 1.82) is 0 Å². The molecular weight excluding hydrogens is 234 g/mol. The van der Waals surface area contributed by atoms with Gasteiger partial charge in [-0.15, -0.1) is 0 Å². The molecule has 0 spiro atoms. The highest BCUT2D eigenvalue weighted by Crippen LogP contribution is 2.37. The lowest BCUT2D eigenvalue weighted by Gasteiger charge is -2.49. The van der Waals surface area contributed by atoms with Crippen LogP contribution in [-0.2, 0) is 0 Å². The molecule has 1 saturated heterocycles. The van der Waals surface area contributed by atoms with E-state index in [1.165, 1.54) is 18.4 Å². The van der Waals surface area contributed by atoms with Gasteiger partial charge in [-0.3, -0.25) is 4.90 Å². The van der Waals surface area contributed by atoms with Crippen molar-refractivity contribution < 1.29 is 5.11 Å². The Morgan fingerprint density at radius 2 is 2.00 bits per heavy atom. The summed E-state index contributed by atoms with van der Waals surface area (Å²) in [6.07, 6.45) is 3.40. The fourth-order valence-electron chi connectivity index (χ4n) is 3.33. The molecule has 0 aliphatic carbocycles. The smallest absolute Gasteiger partial charge is 0.0434 e. The van der Waals surface area contributed by atoms with Crippen molar-refractivity contribution in [2.75, 3.05) is 13.2 Å². The van der Waals surface area contributed by atoms with Gasteiger partial charge in [0.2, 0.25) is 0 Å². The van der Waals surface area contributed by atoms with E-state index in [9.17, 15) is 5.11 Å². The molecule has 0 bridgehead atoms. The topological polar surface area (TPSA) is 23.5 Å². The van der Waals surface area contributed by atoms with E-state index in [0.717, 1.165) is 13.0 Å². The second-order valence-corrected chi connectivity index (χ2v) is 6.47. The van der Waals surface area contributed by atoms with Gasteiger partial charge in [0.1, 0.15) is 0 Å². The Morgan fingerprint density at radius 3 is 2.63 bits per heavy atom. The van der Waals surface area contributed by atoms with Crippen molar-refractivity contribution in [3.05, 3.63) is 35.9 Å². The van der Waals surface area contributed by atoms with E-state index in [4.69, 9.17) is 0 Å². The summed E-state index contributed by atoms with van der Waals surface area (Å²) in [5.41, 5.74) is 1.64. The number of benzene rings is 1. The van der Waals surface area contributed by atoms with Gasteiger partial charge in [-0.25, -0.2) is 0 Å². The molecule has 0 amide bonds. The van der Waals surface area contributed by atoms with Crippen LogP contribution in [0.3, 0.4) is 0 Å². The third kappa shape index (κ3) is 3.37. The van der Waals surface area contributed by atoms with E-state index in [-0.39, 0.29) is 5.54 Å². The molecule has 0 saturated carbocycles. The van der Waals surface area contributed by atoms with E-state index in [2.05, 4.69) is 56.0 Å². The molecule has 1 aromatic rings. The first kappa shape index (κ1) is 14.5. The molecule has 2 nitrogen and oxygen atoms in total. The molecule has 1 aliphatic rings. The highest BCUT2D eigenvalue weighted by atomic mass is 16.3. The zero-order valence-corrected chi connectivity index (χ0v) is 12.5. The van der Waals surface area contributed by atoms with Crippen molar-refractivity contribution >= 4 is 0 Å². The van der Waals surface area contributed by atoms with Crippen molar-refractivity contribution in [2.24, 2.45) is 5.92 Å². The van der Waals surface area contributed by atoms with Crippen molar-refractivity contribution in [3.8, 4) is 0 Å².